The van der Waals surface area contributed by atoms with E-state index in [9.17, 15) is 14.9 Å². The summed E-state index contributed by atoms with van der Waals surface area (Å²) in [6, 6.07) is 17.7. The summed E-state index contributed by atoms with van der Waals surface area (Å²) in [6.45, 7) is 0.903. The average Bonchev–Trinajstić information content (AvgIpc) is 2.82. The number of hydrogen-bond donors (Lipinski definition) is 3. The molecule has 3 N–H and O–H groups in total. The number of aromatic nitrogens is 2. The number of nitrogens with zero attached hydrogens (tertiary/aromatic N) is 3. The molecule has 9 nitrogen and oxygen atoms in total. The van der Waals surface area contributed by atoms with Crippen LogP contribution in [-0.2, 0) is 0 Å². The van der Waals surface area contributed by atoms with Gasteiger partial charge in [0.2, 0.25) is 0 Å². The first-order chi connectivity index (χ1) is 15.6. The van der Waals surface area contributed by atoms with Gasteiger partial charge in [0, 0.05) is 42.8 Å². The van der Waals surface area contributed by atoms with E-state index in [-0.39, 0.29) is 11.3 Å². The van der Waals surface area contributed by atoms with Crippen molar-refractivity contribution in [2.45, 2.75) is 0 Å². The molecule has 0 aliphatic rings. The van der Waals surface area contributed by atoms with E-state index in [4.69, 9.17) is 0 Å². The maximum atomic E-state index is 12.7. The van der Waals surface area contributed by atoms with E-state index in [1.54, 1.807) is 30.7 Å². The molecule has 4 aromatic rings. The zero-order valence-corrected chi connectivity index (χ0v) is 17.0. The lowest BCUT2D eigenvalue weighted by Crippen LogP contribution is -2.16. The Morgan fingerprint density at radius 1 is 0.938 bits per heavy atom. The summed E-state index contributed by atoms with van der Waals surface area (Å²) >= 11 is 0. The fraction of sp³-hybridized carbons (Fsp3) is 0.0870. The van der Waals surface area contributed by atoms with Crippen LogP contribution >= 0.6 is 0 Å². The highest BCUT2D eigenvalue weighted by Crippen LogP contribution is 2.26. The number of nitrogens with one attached hydrogen (secondary N) is 3. The Labute approximate surface area is 183 Å². The molecule has 160 valence electrons. The standard InChI is InChI=1S/C23H20N6O3/c30-23(28-19-7-5-16-3-1-2-4-17(16)13-19)18-6-8-20(21(14-18)29(31)32)25-11-12-27-22-15-24-9-10-26-22/h1-10,13-15,25H,11-12H2,(H,26,27)(H,28,30). The summed E-state index contributed by atoms with van der Waals surface area (Å²) in [4.78, 5) is 31.8. The quantitative estimate of drug-likeness (QED) is 0.217. The lowest BCUT2D eigenvalue weighted by Gasteiger charge is -2.10. The maximum Gasteiger partial charge on any atom is 0.293 e. The van der Waals surface area contributed by atoms with E-state index in [2.05, 4.69) is 25.9 Å². The third kappa shape index (κ3) is 4.96. The molecule has 1 aromatic heterocycles. The summed E-state index contributed by atoms with van der Waals surface area (Å²) in [5.41, 5.74) is 0.982. The van der Waals surface area contributed by atoms with Gasteiger partial charge in [-0.25, -0.2) is 4.98 Å². The van der Waals surface area contributed by atoms with E-state index < -0.39 is 10.8 Å². The number of nitro groups is 1. The molecule has 0 unspecified atom stereocenters. The van der Waals surface area contributed by atoms with Crippen LogP contribution in [0.25, 0.3) is 10.8 Å². The van der Waals surface area contributed by atoms with Crippen LogP contribution < -0.4 is 16.0 Å². The zero-order chi connectivity index (χ0) is 22.3. The van der Waals surface area contributed by atoms with Crippen LogP contribution in [-0.4, -0.2) is 33.9 Å². The summed E-state index contributed by atoms with van der Waals surface area (Å²) < 4.78 is 0. The highest BCUT2D eigenvalue weighted by Gasteiger charge is 2.17. The minimum Gasteiger partial charge on any atom is -0.378 e. The van der Waals surface area contributed by atoms with Crippen molar-refractivity contribution < 1.29 is 9.72 Å². The van der Waals surface area contributed by atoms with Crippen molar-refractivity contribution in [2.24, 2.45) is 0 Å². The molecular weight excluding hydrogens is 408 g/mol. The van der Waals surface area contributed by atoms with Crippen LogP contribution in [0, 0.1) is 10.1 Å². The van der Waals surface area contributed by atoms with Gasteiger partial charge in [-0.05, 0) is 35.0 Å². The molecule has 3 aromatic carbocycles. The van der Waals surface area contributed by atoms with Gasteiger partial charge in [-0.1, -0.05) is 30.3 Å². The van der Waals surface area contributed by atoms with Crippen molar-refractivity contribution in [3.05, 3.63) is 94.9 Å². The molecule has 0 aliphatic carbocycles. The van der Waals surface area contributed by atoms with E-state index in [1.807, 2.05) is 36.4 Å². The second kappa shape index (κ2) is 9.52. The lowest BCUT2D eigenvalue weighted by molar-refractivity contribution is -0.384. The van der Waals surface area contributed by atoms with Gasteiger partial charge >= 0.3 is 0 Å². The van der Waals surface area contributed by atoms with Crippen LogP contribution in [0.15, 0.2) is 79.3 Å². The first-order valence-corrected chi connectivity index (χ1v) is 9.92. The number of hydrogen-bond acceptors (Lipinski definition) is 7. The molecule has 0 radical (unpaired) electrons. The Balaban J connectivity index is 1.42. The second-order valence-electron chi connectivity index (χ2n) is 6.95. The summed E-state index contributed by atoms with van der Waals surface area (Å²) in [6.07, 6.45) is 4.73. The molecular formula is C23H20N6O3. The first kappa shape index (κ1) is 20.7. The third-order valence-corrected chi connectivity index (χ3v) is 4.77. The summed E-state index contributed by atoms with van der Waals surface area (Å²) in [7, 11) is 0. The van der Waals surface area contributed by atoms with E-state index in [1.165, 1.54) is 12.1 Å². The maximum absolute atomic E-state index is 12.7. The molecule has 1 amide bonds. The number of carbonyl (C=O) groups is 1. The molecule has 1 heterocycles. The predicted molar refractivity (Wildman–Crippen MR) is 124 cm³/mol. The minimum atomic E-state index is -0.509. The molecule has 0 bridgehead atoms. The Kier molecular flexibility index (Phi) is 6.17. The Hall–Kier alpha value is -4.53. The number of amides is 1. The van der Waals surface area contributed by atoms with Crippen molar-refractivity contribution in [3.8, 4) is 0 Å². The van der Waals surface area contributed by atoms with Gasteiger partial charge in [0.05, 0.1) is 11.1 Å². The number of rotatable bonds is 8. The van der Waals surface area contributed by atoms with E-state index in [0.717, 1.165) is 10.8 Å². The number of anilines is 3. The molecule has 32 heavy (non-hydrogen) atoms. The molecule has 0 spiro atoms. The van der Waals surface area contributed by atoms with Crippen molar-refractivity contribution in [1.82, 2.24) is 9.97 Å². The van der Waals surface area contributed by atoms with Crippen molar-refractivity contribution in [1.29, 1.82) is 0 Å². The fourth-order valence-corrected chi connectivity index (χ4v) is 3.22. The van der Waals surface area contributed by atoms with E-state index >= 15 is 0 Å². The minimum absolute atomic E-state index is 0.171. The smallest absolute Gasteiger partial charge is 0.293 e. The normalized spacial score (nSPS) is 10.5. The topological polar surface area (TPSA) is 122 Å². The third-order valence-electron chi connectivity index (χ3n) is 4.77. The van der Waals surface area contributed by atoms with Gasteiger partial charge in [-0.3, -0.25) is 19.9 Å². The lowest BCUT2D eigenvalue weighted by atomic mass is 10.1. The van der Waals surface area contributed by atoms with Gasteiger partial charge in [-0.15, -0.1) is 0 Å². The van der Waals surface area contributed by atoms with Crippen molar-refractivity contribution >= 4 is 39.6 Å². The number of nitro benzene ring substituents is 1. The first-order valence-electron chi connectivity index (χ1n) is 9.92. The second-order valence-corrected chi connectivity index (χ2v) is 6.95. The van der Waals surface area contributed by atoms with Gasteiger partial charge in [0.25, 0.3) is 11.6 Å². The molecule has 0 aliphatic heterocycles. The fourth-order valence-electron chi connectivity index (χ4n) is 3.22. The highest BCUT2D eigenvalue weighted by molar-refractivity contribution is 6.06. The average molecular weight is 428 g/mol. The Morgan fingerprint density at radius 3 is 2.53 bits per heavy atom. The number of carbonyl (C=O) groups excluding carboxylic acids is 1. The van der Waals surface area contributed by atoms with Crippen LogP contribution in [0.4, 0.5) is 22.9 Å². The molecule has 0 saturated carbocycles. The monoisotopic (exact) mass is 428 g/mol. The molecule has 0 saturated heterocycles. The van der Waals surface area contributed by atoms with Crippen LogP contribution in [0.5, 0.6) is 0 Å². The van der Waals surface area contributed by atoms with Crippen LogP contribution in [0.2, 0.25) is 0 Å². The Bertz CT molecular complexity index is 1260. The van der Waals surface area contributed by atoms with Gasteiger partial charge in [-0.2, -0.15) is 0 Å². The van der Waals surface area contributed by atoms with Gasteiger partial charge in [0.15, 0.2) is 0 Å². The molecule has 9 heteroatoms. The molecule has 0 atom stereocenters. The predicted octanol–water partition coefficient (Wildman–Crippen LogP) is 4.31. The van der Waals surface area contributed by atoms with Crippen LogP contribution in [0.3, 0.4) is 0 Å². The molecule has 0 fully saturated rings. The van der Waals surface area contributed by atoms with Crippen molar-refractivity contribution in [3.63, 3.8) is 0 Å². The van der Waals surface area contributed by atoms with Gasteiger partial charge < -0.3 is 16.0 Å². The number of benzene rings is 3. The summed E-state index contributed by atoms with van der Waals surface area (Å²) in [5, 5.41) is 22.5. The largest absolute Gasteiger partial charge is 0.378 e. The Morgan fingerprint density at radius 2 is 1.75 bits per heavy atom. The van der Waals surface area contributed by atoms with Gasteiger partial charge in [0.1, 0.15) is 11.5 Å². The highest BCUT2D eigenvalue weighted by atomic mass is 16.6. The zero-order valence-electron chi connectivity index (χ0n) is 17.0. The van der Waals surface area contributed by atoms with E-state index in [0.29, 0.717) is 30.3 Å². The molecule has 4 rings (SSSR count). The van der Waals surface area contributed by atoms with Crippen LogP contribution in [0.1, 0.15) is 10.4 Å². The summed E-state index contributed by atoms with van der Waals surface area (Å²) in [5.74, 6) is 0.198. The SMILES string of the molecule is O=C(Nc1ccc2ccccc2c1)c1ccc(NCCNc2cnccn2)c([N+](=O)[O-])c1. The van der Waals surface area contributed by atoms with Crippen molar-refractivity contribution in [2.75, 3.05) is 29.0 Å². The number of fused-ring (bicyclic) bond motifs is 1.